The van der Waals surface area contributed by atoms with Gasteiger partial charge in [-0.3, -0.25) is 9.59 Å². The van der Waals surface area contributed by atoms with Crippen molar-refractivity contribution in [3.05, 3.63) is 95.6 Å². The fraction of sp³-hybridized carbons (Fsp3) is 0.0909. The largest absolute Gasteiger partial charge is 0.464 e. The number of carbonyl (C=O) groups excluding carboxylic acids is 4. The maximum Gasteiger partial charge on any atom is 0.356 e. The van der Waals surface area contributed by atoms with Crippen molar-refractivity contribution in [2.45, 2.75) is 0 Å². The summed E-state index contributed by atoms with van der Waals surface area (Å²) in [7, 11) is 2.31. The Kier molecular flexibility index (Phi) is 8.54. The summed E-state index contributed by atoms with van der Waals surface area (Å²) in [6.45, 7) is 0. The van der Waals surface area contributed by atoms with Crippen LogP contribution in [0.2, 0.25) is 0 Å². The molecule has 2 aromatic rings. The van der Waals surface area contributed by atoms with Gasteiger partial charge in [-0.2, -0.15) is 0 Å². The van der Waals surface area contributed by atoms with Crippen LogP contribution in [0.1, 0.15) is 20.7 Å². The molecule has 0 saturated carbocycles. The van der Waals surface area contributed by atoms with Crippen LogP contribution in [0.4, 0.5) is 0 Å². The van der Waals surface area contributed by atoms with Crippen molar-refractivity contribution in [1.82, 2.24) is 16.0 Å². The highest BCUT2D eigenvalue weighted by Gasteiger charge is 2.16. The van der Waals surface area contributed by atoms with Gasteiger partial charge in [0.05, 0.1) is 14.2 Å². The van der Waals surface area contributed by atoms with E-state index in [0.717, 1.165) is 26.6 Å². The molecule has 0 heterocycles. The monoisotopic (exact) mass is 423 g/mol. The molecule has 2 rings (SSSR count). The van der Waals surface area contributed by atoms with E-state index in [0.29, 0.717) is 11.1 Å². The molecule has 0 fully saturated rings. The van der Waals surface area contributed by atoms with Gasteiger partial charge in [-0.15, -0.1) is 0 Å². The minimum absolute atomic E-state index is 0.216. The highest BCUT2D eigenvalue weighted by molar-refractivity contribution is 6.02. The van der Waals surface area contributed by atoms with Crippen LogP contribution in [0, 0.1) is 0 Å². The molecule has 0 saturated heterocycles. The van der Waals surface area contributed by atoms with Crippen LogP contribution < -0.4 is 16.0 Å². The lowest BCUT2D eigenvalue weighted by molar-refractivity contribution is -0.137. The van der Waals surface area contributed by atoms with Crippen molar-refractivity contribution in [2.24, 2.45) is 0 Å². The van der Waals surface area contributed by atoms with Gasteiger partial charge in [0.25, 0.3) is 11.8 Å². The van der Waals surface area contributed by atoms with Crippen molar-refractivity contribution < 1.29 is 28.7 Å². The summed E-state index contributed by atoms with van der Waals surface area (Å²) in [6, 6.07) is 16.5. The number of carbonyl (C=O) groups is 4. The van der Waals surface area contributed by atoms with E-state index in [1.807, 2.05) is 0 Å². The van der Waals surface area contributed by atoms with Gasteiger partial charge >= 0.3 is 11.9 Å². The zero-order chi connectivity index (χ0) is 22.6. The number of amides is 2. The van der Waals surface area contributed by atoms with E-state index < -0.39 is 23.8 Å². The van der Waals surface area contributed by atoms with Crippen LogP contribution in [0.15, 0.2) is 84.5 Å². The lowest BCUT2D eigenvalue weighted by atomic mass is 10.2. The van der Waals surface area contributed by atoms with E-state index in [4.69, 9.17) is 0 Å². The molecule has 160 valence electrons. The molecular weight excluding hydrogens is 402 g/mol. The molecule has 9 nitrogen and oxygen atoms in total. The summed E-state index contributed by atoms with van der Waals surface area (Å²) in [5, 5.41) is 7.41. The molecule has 0 atom stereocenters. The van der Waals surface area contributed by atoms with Crippen LogP contribution in [0.5, 0.6) is 0 Å². The molecule has 0 aliphatic carbocycles. The number of benzene rings is 2. The van der Waals surface area contributed by atoms with E-state index in [1.54, 1.807) is 60.7 Å². The third-order valence-electron chi connectivity index (χ3n) is 3.83. The van der Waals surface area contributed by atoms with E-state index in [-0.39, 0.29) is 11.4 Å². The first-order valence-corrected chi connectivity index (χ1v) is 9.02. The van der Waals surface area contributed by atoms with Gasteiger partial charge in [-0.1, -0.05) is 36.4 Å². The fourth-order valence-corrected chi connectivity index (χ4v) is 2.29. The van der Waals surface area contributed by atoms with Gasteiger partial charge in [0.1, 0.15) is 11.4 Å². The first-order chi connectivity index (χ1) is 15.0. The molecule has 0 aromatic heterocycles. The SMILES string of the molecule is COC(=O)C(=CNC=C(NC(=O)c1ccccc1)C(=O)OC)NC(=O)c1ccccc1. The van der Waals surface area contributed by atoms with Crippen molar-refractivity contribution in [3.63, 3.8) is 0 Å². The average molecular weight is 423 g/mol. The topological polar surface area (TPSA) is 123 Å². The Morgan fingerprint density at radius 2 is 1.00 bits per heavy atom. The molecule has 3 N–H and O–H groups in total. The summed E-state index contributed by atoms with van der Waals surface area (Å²) in [5.74, 6) is -2.71. The van der Waals surface area contributed by atoms with Crippen molar-refractivity contribution in [3.8, 4) is 0 Å². The molecule has 9 heteroatoms. The maximum atomic E-state index is 12.3. The number of esters is 2. The van der Waals surface area contributed by atoms with Crippen molar-refractivity contribution >= 4 is 23.8 Å². The van der Waals surface area contributed by atoms with Crippen LogP contribution >= 0.6 is 0 Å². The van der Waals surface area contributed by atoms with E-state index in [9.17, 15) is 19.2 Å². The molecule has 0 unspecified atom stereocenters. The van der Waals surface area contributed by atoms with Crippen molar-refractivity contribution in [1.29, 1.82) is 0 Å². The quantitative estimate of drug-likeness (QED) is 0.434. The van der Waals surface area contributed by atoms with Crippen molar-refractivity contribution in [2.75, 3.05) is 14.2 Å². The molecular formula is C22H21N3O6. The number of hydrogen-bond acceptors (Lipinski definition) is 7. The standard InChI is InChI=1S/C22H21N3O6/c1-30-21(28)17(24-19(26)15-9-5-3-6-10-15)13-23-14-18(22(29)31-2)25-20(27)16-11-7-4-8-12-16/h3-14,23H,1-2H3,(H,24,26)(H,25,27). The van der Waals surface area contributed by atoms with Crippen LogP contribution in [0.25, 0.3) is 0 Å². The summed E-state index contributed by atoms with van der Waals surface area (Å²) in [4.78, 5) is 48.6. The van der Waals surface area contributed by atoms with Gasteiger partial charge in [0.2, 0.25) is 0 Å². The smallest absolute Gasteiger partial charge is 0.356 e. The molecule has 0 aliphatic rings. The zero-order valence-corrected chi connectivity index (χ0v) is 16.9. The third-order valence-corrected chi connectivity index (χ3v) is 3.83. The summed E-state index contributed by atoms with van der Waals surface area (Å²) in [5.41, 5.74) is 0.230. The Hall–Kier alpha value is -4.40. The summed E-state index contributed by atoms with van der Waals surface area (Å²) >= 11 is 0. The van der Waals surface area contributed by atoms with Gasteiger partial charge in [0, 0.05) is 23.5 Å². The highest BCUT2D eigenvalue weighted by Crippen LogP contribution is 2.03. The Labute approximate surface area is 178 Å². The highest BCUT2D eigenvalue weighted by atomic mass is 16.5. The van der Waals surface area contributed by atoms with E-state index >= 15 is 0 Å². The number of hydrogen-bond donors (Lipinski definition) is 3. The Balaban J connectivity index is 2.18. The maximum absolute atomic E-state index is 12.3. The minimum atomic E-state index is -0.821. The van der Waals surface area contributed by atoms with E-state index in [1.165, 1.54) is 0 Å². The molecule has 2 amide bonds. The average Bonchev–Trinajstić information content (AvgIpc) is 2.82. The molecule has 31 heavy (non-hydrogen) atoms. The third kappa shape index (κ3) is 6.86. The number of methoxy groups -OCH3 is 2. The Bertz CT molecular complexity index is 919. The number of ether oxygens (including phenoxy) is 2. The lowest BCUT2D eigenvalue weighted by Gasteiger charge is -2.10. The summed E-state index contributed by atoms with van der Waals surface area (Å²) in [6.07, 6.45) is 2.23. The Morgan fingerprint density at radius 3 is 1.32 bits per heavy atom. The van der Waals surface area contributed by atoms with E-state index in [2.05, 4.69) is 25.4 Å². The van der Waals surface area contributed by atoms with Gasteiger partial charge in [0.15, 0.2) is 0 Å². The second-order valence-corrected chi connectivity index (χ2v) is 5.91. The predicted molar refractivity (Wildman–Crippen MR) is 111 cm³/mol. The second kappa shape index (κ2) is 11.6. The van der Waals surface area contributed by atoms with Crippen LogP contribution in [-0.2, 0) is 19.1 Å². The normalized spacial score (nSPS) is 11.2. The predicted octanol–water partition coefficient (Wildman–Crippen LogP) is 1.46. The fourth-order valence-electron chi connectivity index (χ4n) is 2.29. The first kappa shape index (κ1) is 22.9. The zero-order valence-electron chi connectivity index (χ0n) is 16.9. The number of nitrogens with one attached hydrogen (secondary N) is 3. The second-order valence-electron chi connectivity index (χ2n) is 5.91. The van der Waals surface area contributed by atoms with Gasteiger partial charge in [-0.25, -0.2) is 9.59 Å². The van der Waals surface area contributed by atoms with Gasteiger partial charge in [-0.05, 0) is 24.3 Å². The molecule has 0 spiro atoms. The Morgan fingerprint density at radius 1 is 0.645 bits per heavy atom. The van der Waals surface area contributed by atoms with Gasteiger partial charge < -0.3 is 25.4 Å². The summed E-state index contributed by atoms with van der Waals surface area (Å²) < 4.78 is 9.31. The molecule has 2 aromatic carbocycles. The van der Waals surface area contributed by atoms with Crippen LogP contribution in [0.3, 0.4) is 0 Å². The minimum Gasteiger partial charge on any atom is -0.464 e. The molecule has 0 aliphatic heterocycles. The molecule has 0 radical (unpaired) electrons. The number of rotatable bonds is 8. The van der Waals surface area contributed by atoms with Crippen LogP contribution in [-0.4, -0.2) is 38.0 Å². The molecule has 0 bridgehead atoms. The lowest BCUT2D eigenvalue weighted by Crippen LogP contribution is -2.31. The first-order valence-electron chi connectivity index (χ1n) is 9.02.